The third kappa shape index (κ3) is 3.48. The van der Waals surface area contributed by atoms with E-state index in [1.165, 1.54) is 0 Å². The fraction of sp³-hybridized carbons (Fsp3) is 0.429. The summed E-state index contributed by atoms with van der Waals surface area (Å²) in [5.74, 6) is 0.587. The van der Waals surface area contributed by atoms with E-state index in [4.69, 9.17) is 0 Å². The second-order valence-corrected chi connectivity index (χ2v) is 6.26. The Kier molecular flexibility index (Phi) is 4.96. The van der Waals surface area contributed by atoms with Crippen LogP contribution in [0.4, 0.5) is 5.69 Å². The van der Waals surface area contributed by atoms with Crippen molar-refractivity contribution in [1.29, 1.82) is 0 Å². The zero-order valence-electron chi connectivity index (χ0n) is 11.3. The lowest BCUT2D eigenvalue weighted by Gasteiger charge is -2.09. The van der Waals surface area contributed by atoms with Crippen molar-refractivity contribution in [2.75, 3.05) is 18.4 Å². The van der Waals surface area contributed by atoms with E-state index in [2.05, 4.69) is 15.6 Å². The number of amides is 1. The van der Waals surface area contributed by atoms with Crippen LogP contribution in [0.2, 0.25) is 0 Å². The molecule has 0 spiro atoms. The number of thiazole rings is 1. The Labute approximate surface area is 128 Å². The first kappa shape index (κ1) is 15.2. The molecule has 0 radical (unpaired) electrons. The Morgan fingerprint density at radius 1 is 1.55 bits per heavy atom. The molecule has 1 aromatic heterocycles. The third-order valence-corrected chi connectivity index (χ3v) is 4.35. The molecule has 20 heavy (non-hydrogen) atoms. The van der Waals surface area contributed by atoms with Gasteiger partial charge in [-0.1, -0.05) is 0 Å². The van der Waals surface area contributed by atoms with Gasteiger partial charge < -0.3 is 10.6 Å². The van der Waals surface area contributed by atoms with E-state index in [0.29, 0.717) is 12.3 Å². The molecule has 2 heterocycles. The minimum Gasteiger partial charge on any atom is -0.326 e. The summed E-state index contributed by atoms with van der Waals surface area (Å²) in [6.07, 6.45) is 1.70. The van der Waals surface area contributed by atoms with Crippen LogP contribution in [0, 0.1) is 12.8 Å². The van der Waals surface area contributed by atoms with Gasteiger partial charge in [-0.3, -0.25) is 4.79 Å². The lowest BCUT2D eigenvalue weighted by atomic mass is 10.0. The van der Waals surface area contributed by atoms with Crippen LogP contribution in [-0.4, -0.2) is 24.0 Å². The van der Waals surface area contributed by atoms with Crippen LogP contribution < -0.4 is 10.6 Å². The van der Waals surface area contributed by atoms with Crippen molar-refractivity contribution in [2.24, 2.45) is 5.92 Å². The first-order chi connectivity index (χ1) is 9.20. The number of halogens is 1. The Morgan fingerprint density at radius 3 is 3.15 bits per heavy atom. The molecule has 1 aromatic carbocycles. The molecule has 6 heteroatoms. The lowest BCUT2D eigenvalue weighted by Crippen LogP contribution is -2.18. The number of carbonyl (C=O) groups excluding carboxylic acids is 1. The van der Waals surface area contributed by atoms with Gasteiger partial charge in [0, 0.05) is 12.1 Å². The van der Waals surface area contributed by atoms with Gasteiger partial charge in [-0.15, -0.1) is 23.7 Å². The van der Waals surface area contributed by atoms with Crippen LogP contribution in [0.25, 0.3) is 10.2 Å². The maximum atomic E-state index is 12.0. The first-order valence-electron chi connectivity index (χ1n) is 6.58. The standard InChI is InChI=1S/C14H17N3OS.ClH/c1-9-16-12-3-2-11(7-13(12)19-9)17-14(18)6-10-4-5-15-8-10;/h2-3,7,10,15H,4-6,8H2,1H3,(H,17,18);1H. The number of nitrogens with zero attached hydrogens (tertiary/aromatic N) is 1. The van der Waals surface area contributed by atoms with E-state index < -0.39 is 0 Å². The molecule has 1 saturated heterocycles. The van der Waals surface area contributed by atoms with Crippen molar-refractivity contribution >= 4 is 45.6 Å². The molecule has 2 aromatic rings. The van der Waals surface area contributed by atoms with Gasteiger partial charge in [-0.2, -0.15) is 0 Å². The van der Waals surface area contributed by atoms with Gasteiger partial charge in [0.25, 0.3) is 0 Å². The molecule has 108 valence electrons. The molecule has 1 aliphatic heterocycles. The summed E-state index contributed by atoms with van der Waals surface area (Å²) < 4.78 is 1.12. The van der Waals surface area contributed by atoms with Crippen molar-refractivity contribution in [3.63, 3.8) is 0 Å². The Morgan fingerprint density at radius 2 is 2.40 bits per heavy atom. The Hall–Kier alpha value is -1.17. The summed E-state index contributed by atoms with van der Waals surface area (Å²) in [5.41, 5.74) is 1.87. The predicted molar refractivity (Wildman–Crippen MR) is 85.8 cm³/mol. The number of fused-ring (bicyclic) bond motifs is 1. The molecular weight excluding hydrogens is 294 g/mol. The molecule has 0 bridgehead atoms. The fourth-order valence-corrected chi connectivity index (χ4v) is 3.35. The number of rotatable bonds is 3. The summed E-state index contributed by atoms with van der Waals surface area (Å²) in [5, 5.41) is 7.32. The third-order valence-electron chi connectivity index (χ3n) is 3.42. The van der Waals surface area contributed by atoms with Gasteiger partial charge in [0.2, 0.25) is 5.91 Å². The van der Waals surface area contributed by atoms with E-state index >= 15 is 0 Å². The summed E-state index contributed by atoms with van der Waals surface area (Å²) in [6.45, 7) is 3.99. The molecule has 2 N–H and O–H groups in total. The van der Waals surface area contributed by atoms with Crippen LogP contribution in [-0.2, 0) is 4.79 Å². The predicted octanol–water partition coefficient (Wildman–Crippen LogP) is 2.96. The summed E-state index contributed by atoms with van der Waals surface area (Å²) in [7, 11) is 0. The highest BCUT2D eigenvalue weighted by Gasteiger charge is 2.18. The molecular formula is C14H18ClN3OS. The SMILES string of the molecule is Cc1nc2ccc(NC(=O)CC3CCNC3)cc2s1.Cl. The summed E-state index contributed by atoms with van der Waals surface area (Å²) in [4.78, 5) is 16.4. The number of hydrogen-bond donors (Lipinski definition) is 2. The Bertz CT molecular complexity index is 607. The second kappa shape index (κ2) is 6.52. The fourth-order valence-electron chi connectivity index (χ4n) is 2.48. The monoisotopic (exact) mass is 311 g/mol. The zero-order chi connectivity index (χ0) is 13.2. The molecule has 4 nitrogen and oxygen atoms in total. The number of hydrogen-bond acceptors (Lipinski definition) is 4. The highest BCUT2D eigenvalue weighted by atomic mass is 35.5. The molecule has 1 fully saturated rings. The number of anilines is 1. The summed E-state index contributed by atoms with van der Waals surface area (Å²) in [6, 6.07) is 5.89. The number of aryl methyl sites for hydroxylation is 1. The molecule has 3 rings (SSSR count). The van der Waals surface area contributed by atoms with Gasteiger partial charge in [-0.25, -0.2) is 4.98 Å². The van der Waals surface area contributed by atoms with Gasteiger partial charge in [0.15, 0.2) is 0 Å². The minimum atomic E-state index is 0. The van der Waals surface area contributed by atoms with E-state index in [9.17, 15) is 4.79 Å². The average Bonchev–Trinajstić information content (AvgIpc) is 2.96. The lowest BCUT2D eigenvalue weighted by molar-refractivity contribution is -0.116. The van der Waals surface area contributed by atoms with E-state index in [-0.39, 0.29) is 18.3 Å². The van der Waals surface area contributed by atoms with Gasteiger partial charge in [-0.05, 0) is 50.6 Å². The number of aromatic nitrogens is 1. The molecule has 0 saturated carbocycles. The number of benzene rings is 1. The van der Waals surface area contributed by atoms with Crippen molar-refractivity contribution in [2.45, 2.75) is 19.8 Å². The molecule has 1 atom stereocenters. The van der Waals surface area contributed by atoms with Crippen LogP contribution >= 0.6 is 23.7 Å². The highest BCUT2D eigenvalue weighted by Crippen LogP contribution is 2.25. The van der Waals surface area contributed by atoms with Crippen LogP contribution in [0.5, 0.6) is 0 Å². The van der Waals surface area contributed by atoms with Crippen molar-refractivity contribution in [3.05, 3.63) is 23.2 Å². The maximum Gasteiger partial charge on any atom is 0.224 e. The van der Waals surface area contributed by atoms with Crippen molar-refractivity contribution < 1.29 is 4.79 Å². The quantitative estimate of drug-likeness (QED) is 0.916. The second-order valence-electron chi connectivity index (χ2n) is 5.03. The van der Waals surface area contributed by atoms with Gasteiger partial charge >= 0.3 is 0 Å². The molecule has 0 aliphatic carbocycles. The molecule has 1 aliphatic rings. The maximum absolute atomic E-state index is 12.0. The molecule has 1 amide bonds. The highest BCUT2D eigenvalue weighted by molar-refractivity contribution is 7.18. The van der Waals surface area contributed by atoms with Gasteiger partial charge in [0.05, 0.1) is 15.2 Å². The average molecular weight is 312 g/mol. The van der Waals surface area contributed by atoms with E-state index in [1.54, 1.807) is 11.3 Å². The minimum absolute atomic E-state index is 0. The van der Waals surface area contributed by atoms with Crippen LogP contribution in [0.1, 0.15) is 17.8 Å². The normalized spacial score (nSPS) is 17.9. The van der Waals surface area contributed by atoms with Crippen LogP contribution in [0.3, 0.4) is 0 Å². The van der Waals surface area contributed by atoms with E-state index in [1.807, 2.05) is 25.1 Å². The molecule has 1 unspecified atom stereocenters. The number of carbonyl (C=O) groups is 1. The largest absolute Gasteiger partial charge is 0.326 e. The zero-order valence-corrected chi connectivity index (χ0v) is 12.9. The first-order valence-corrected chi connectivity index (χ1v) is 7.40. The van der Waals surface area contributed by atoms with E-state index in [0.717, 1.165) is 40.4 Å². The smallest absolute Gasteiger partial charge is 0.224 e. The topological polar surface area (TPSA) is 54.0 Å². The Balaban J connectivity index is 0.00000147. The summed E-state index contributed by atoms with van der Waals surface area (Å²) >= 11 is 1.65. The van der Waals surface area contributed by atoms with Gasteiger partial charge in [0.1, 0.15) is 0 Å². The van der Waals surface area contributed by atoms with Crippen molar-refractivity contribution in [3.8, 4) is 0 Å². The van der Waals surface area contributed by atoms with Crippen molar-refractivity contribution in [1.82, 2.24) is 10.3 Å². The van der Waals surface area contributed by atoms with Crippen LogP contribution in [0.15, 0.2) is 18.2 Å². The number of nitrogens with one attached hydrogen (secondary N) is 2.